The summed E-state index contributed by atoms with van der Waals surface area (Å²) in [5.74, 6) is 0. The average molecular weight is 326 g/mol. The average Bonchev–Trinajstić information content (AvgIpc) is 2.62. The lowest BCUT2D eigenvalue weighted by molar-refractivity contribution is -0.0987. The van der Waals surface area contributed by atoms with Gasteiger partial charge in [-0.1, -0.05) is 64.8 Å². The van der Waals surface area contributed by atoms with Gasteiger partial charge in [-0.05, 0) is 50.3 Å². The molecule has 0 radical (unpaired) electrons. The number of hydrogen-bond donors (Lipinski definition) is 1. The van der Waals surface area contributed by atoms with Crippen LogP contribution in [0.3, 0.4) is 0 Å². The number of rotatable bonds is 6. The molecule has 0 aromatic heterocycles. The summed E-state index contributed by atoms with van der Waals surface area (Å²) in [4.78, 5) is 16.0. The standard InChI is InChI=1S/C14H23N.2C2H6.2CH2O/c1-3-6-13-9-12(2)10-14(11-13)7-4-5-8-15;4*1-2/h9-11H,3-8,15H2,1-2H3;2*1-2H3;2*1H2. The summed E-state index contributed by atoms with van der Waals surface area (Å²) in [5, 5.41) is 0. The third-order valence-corrected chi connectivity index (χ3v) is 2.66. The molecule has 0 aliphatic rings. The molecule has 0 amide bonds. The zero-order valence-corrected chi connectivity index (χ0v) is 16.3. The number of unbranched alkanes of at least 4 members (excludes halogenated alkanes) is 1. The smallest absolute Gasteiger partial charge is 0.106 e. The maximum Gasteiger partial charge on any atom is 0.106 e. The Kier molecular flexibility index (Phi) is 36.8. The van der Waals surface area contributed by atoms with E-state index >= 15 is 0 Å². The number of carbonyl (C=O) groups is 2. The lowest BCUT2D eigenvalue weighted by Crippen LogP contribution is -1.99. The van der Waals surface area contributed by atoms with Crippen molar-refractivity contribution in [3.05, 3.63) is 34.9 Å². The predicted molar refractivity (Wildman–Crippen MR) is 104 cm³/mol. The highest BCUT2D eigenvalue weighted by molar-refractivity contribution is 5.29. The van der Waals surface area contributed by atoms with E-state index in [1.165, 1.54) is 42.4 Å². The van der Waals surface area contributed by atoms with Gasteiger partial charge >= 0.3 is 0 Å². The van der Waals surface area contributed by atoms with Crippen molar-refractivity contribution in [3.8, 4) is 0 Å². The van der Waals surface area contributed by atoms with E-state index in [9.17, 15) is 0 Å². The van der Waals surface area contributed by atoms with E-state index < -0.39 is 0 Å². The minimum Gasteiger partial charge on any atom is -0.330 e. The van der Waals surface area contributed by atoms with Crippen molar-refractivity contribution in [1.29, 1.82) is 0 Å². The fraction of sp³-hybridized carbons (Fsp3) is 0.600. The fourth-order valence-electron chi connectivity index (χ4n) is 2.00. The second-order valence-corrected chi connectivity index (χ2v) is 4.32. The van der Waals surface area contributed by atoms with Gasteiger partial charge in [-0.25, -0.2) is 0 Å². The molecule has 0 aliphatic heterocycles. The molecule has 0 unspecified atom stereocenters. The van der Waals surface area contributed by atoms with E-state index in [0.29, 0.717) is 0 Å². The summed E-state index contributed by atoms with van der Waals surface area (Å²) in [6.45, 7) is 17.2. The van der Waals surface area contributed by atoms with Gasteiger partial charge in [0.05, 0.1) is 0 Å². The molecule has 0 aliphatic carbocycles. The van der Waals surface area contributed by atoms with Crippen LogP contribution >= 0.6 is 0 Å². The number of nitrogens with two attached hydrogens (primary N) is 1. The number of benzene rings is 1. The van der Waals surface area contributed by atoms with Crippen LogP contribution in [0, 0.1) is 6.92 Å². The van der Waals surface area contributed by atoms with Gasteiger partial charge in [-0.15, -0.1) is 0 Å². The third-order valence-electron chi connectivity index (χ3n) is 2.66. The van der Waals surface area contributed by atoms with E-state index in [1.807, 2.05) is 41.3 Å². The molecule has 0 bridgehead atoms. The lowest BCUT2D eigenvalue weighted by atomic mass is 10.00. The first kappa shape index (κ1) is 29.5. The first-order chi connectivity index (χ1) is 11.3. The van der Waals surface area contributed by atoms with Gasteiger partial charge in [-0.2, -0.15) is 0 Å². The first-order valence-corrected chi connectivity index (χ1v) is 8.63. The molecular formula is C20H39NO2. The van der Waals surface area contributed by atoms with Gasteiger partial charge in [0.1, 0.15) is 13.6 Å². The molecule has 0 atom stereocenters. The van der Waals surface area contributed by atoms with Crippen LogP contribution in [0.5, 0.6) is 0 Å². The Hall–Kier alpha value is -1.48. The highest BCUT2D eigenvalue weighted by Gasteiger charge is 1.98. The molecule has 1 rings (SSSR count). The maximum absolute atomic E-state index is 8.00. The molecule has 0 saturated carbocycles. The van der Waals surface area contributed by atoms with Crippen molar-refractivity contribution in [1.82, 2.24) is 0 Å². The molecule has 23 heavy (non-hydrogen) atoms. The monoisotopic (exact) mass is 325 g/mol. The van der Waals surface area contributed by atoms with Crippen LogP contribution in [0.15, 0.2) is 18.2 Å². The van der Waals surface area contributed by atoms with Crippen molar-refractivity contribution in [2.75, 3.05) is 6.54 Å². The van der Waals surface area contributed by atoms with Crippen LogP contribution in [0.25, 0.3) is 0 Å². The van der Waals surface area contributed by atoms with E-state index in [1.54, 1.807) is 0 Å². The van der Waals surface area contributed by atoms with Crippen LogP contribution < -0.4 is 5.73 Å². The minimum absolute atomic E-state index is 0.813. The molecule has 0 spiro atoms. The van der Waals surface area contributed by atoms with Gasteiger partial charge < -0.3 is 15.3 Å². The van der Waals surface area contributed by atoms with Crippen molar-refractivity contribution >= 4 is 13.6 Å². The molecule has 0 heterocycles. The SMILES string of the molecule is C=O.C=O.CC.CC.CCCc1cc(C)cc(CCCCN)c1. The van der Waals surface area contributed by atoms with Crippen molar-refractivity contribution in [2.45, 2.75) is 73.6 Å². The molecule has 136 valence electrons. The quantitative estimate of drug-likeness (QED) is 0.756. The highest BCUT2D eigenvalue weighted by atomic mass is 16.1. The van der Waals surface area contributed by atoms with Gasteiger partial charge in [0.2, 0.25) is 0 Å². The zero-order valence-electron chi connectivity index (χ0n) is 16.3. The molecule has 0 fully saturated rings. The molecule has 3 nitrogen and oxygen atoms in total. The summed E-state index contributed by atoms with van der Waals surface area (Å²) < 4.78 is 0. The summed E-state index contributed by atoms with van der Waals surface area (Å²) in [6, 6.07) is 6.96. The highest BCUT2D eigenvalue weighted by Crippen LogP contribution is 2.13. The zero-order chi connectivity index (χ0) is 19.1. The van der Waals surface area contributed by atoms with E-state index in [0.717, 1.165) is 13.0 Å². The van der Waals surface area contributed by atoms with Crippen molar-refractivity contribution in [2.24, 2.45) is 5.73 Å². The number of carbonyl (C=O) groups excluding carboxylic acids is 2. The molecule has 2 N–H and O–H groups in total. The van der Waals surface area contributed by atoms with E-state index in [-0.39, 0.29) is 0 Å². The number of hydrogen-bond acceptors (Lipinski definition) is 3. The Morgan fingerprint density at radius 2 is 1.26 bits per heavy atom. The predicted octanol–water partition coefficient (Wildman–Crippen LogP) is 4.91. The molecule has 1 aromatic rings. The Morgan fingerprint density at radius 1 is 0.826 bits per heavy atom. The second-order valence-electron chi connectivity index (χ2n) is 4.32. The fourth-order valence-corrected chi connectivity index (χ4v) is 2.00. The van der Waals surface area contributed by atoms with E-state index in [4.69, 9.17) is 15.3 Å². The lowest BCUT2D eigenvalue weighted by Gasteiger charge is -2.06. The first-order valence-electron chi connectivity index (χ1n) is 8.63. The maximum atomic E-state index is 8.00. The van der Waals surface area contributed by atoms with Crippen LogP contribution in [-0.2, 0) is 22.4 Å². The Labute approximate surface area is 144 Å². The van der Waals surface area contributed by atoms with Crippen molar-refractivity contribution < 1.29 is 9.59 Å². The van der Waals surface area contributed by atoms with Gasteiger partial charge in [0.15, 0.2) is 0 Å². The summed E-state index contributed by atoms with van der Waals surface area (Å²) in [5.41, 5.74) is 9.86. The normalized spacial score (nSPS) is 7.78. The summed E-state index contributed by atoms with van der Waals surface area (Å²) in [7, 11) is 0. The Morgan fingerprint density at radius 3 is 1.65 bits per heavy atom. The van der Waals surface area contributed by atoms with Crippen LogP contribution in [0.1, 0.15) is 70.6 Å². The molecular weight excluding hydrogens is 286 g/mol. The summed E-state index contributed by atoms with van der Waals surface area (Å²) in [6.07, 6.45) is 5.95. The minimum atomic E-state index is 0.813. The largest absolute Gasteiger partial charge is 0.330 e. The molecule has 3 heteroatoms. The second kappa shape index (κ2) is 28.6. The van der Waals surface area contributed by atoms with Gasteiger partial charge in [-0.3, -0.25) is 0 Å². The number of aryl methyl sites for hydroxylation is 3. The van der Waals surface area contributed by atoms with Crippen molar-refractivity contribution in [3.63, 3.8) is 0 Å². The Balaban J connectivity index is -0.000000196. The molecule has 1 aromatic carbocycles. The van der Waals surface area contributed by atoms with Gasteiger partial charge in [0, 0.05) is 0 Å². The van der Waals surface area contributed by atoms with Crippen LogP contribution in [0.2, 0.25) is 0 Å². The topological polar surface area (TPSA) is 60.2 Å². The Bertz CT molecular complexity index is 325. The summed E-state index contributed by atoms with van der Waals surface area (Å²) >= 11 is 0. The van der Waals surface area contributed by atoms with Crippen LogP contribution in [0.4, 0.5) is 0 Å². The molecule has 0 saturated heterocycles. The van der Waals surface area contributed by atoms with Gasteiger partial charge in [0.25, 0.3) is 0 Å². The van der Waals surface area contributed by atoms with Crippen LogP contribution in [-0.4, -0.2) is 20.1 Å². The van der Waals surface area contributed by atoms with E-state index in [2.05, 4.69) is 32.0 Å². The third kappa shape index (κ3) is 20.5.